The number of hydrogen-bond donors (Lipinski definition) is 0. The van der Waals surface area contributed by atoms with Gasteiger partial charge in [-0.15, -0.1) is 0 Å². The van der Waals surface area contributed by atoms with Crippen LogP contribution < -0.4 is 9.80 Å². The number of Topliss-reactive ketones (excluding diaryl/α,β-unsaturated/α-hetero) is 1. The first kappa shape index (κ1) is 23.0. The zero-order valence-electron chi connectivity index (χ0n) is 18.2. The molecule has 2 saturated heterocycles. The first-order chi connectivity index (χ1) is 15.9. The summed E-state index contributed by atoms with van der Waals surface area (Å²) in [4.78, 5) is 40.0. The number of rotatable bonds is 6. The number of carbonyl (C=O) groups is 3. The molecule has 0 radical (unpaired) electrons. The van der Waals surface area contributed by atoms with E-state index in [2.05, 4.69) is 0 Å². The number of hydrogen-bond acceptors (Lipinski definition) is 3. The van der Waals surface area contributed by atoms with Crippen LogP contribution >= 0.6 is 0 Å². The Morgan fingerprint density at radius 2 is 1.55 bits per heavy atom. The normalized spacial score (nSPS) is 19.2. The summed E-state index contributed by atoms with van der Waals surface area (Å²) in [6, 6.07) is 8.61. The molecule has 2 aliphatic heterocycles. The van der Waals surface area contributed by atoms with Crippen molar-refractivity contribution in [2.24, 2.45) is 5.92 Å². The molecular formula is C25H25F3N2O3. The second-order valence-corrected chi connectivity index (χ2v) is 8.57. The van der Waals surface area contributed by atoms with Gasteiger partial charge < -0.3 is 9.80 Å². The van der Waals surface area contributed by atoms with Crippen LogP contribution in [0.2, 0.25) is 0 Å². The van der Waals surface area contributed by atoms with E-state index in [1.54, 1.807) is 6.07 Å². The van der Waals surface area contributed by atoms with Gasteiger partial charge in [0.25, 0.3) is 0 Å². The molecule has 2 aliphatic rings. The minimum Gasteiger partial charge on any atom is -0.310 e. The van der Waals surface area contributed by atoms with Crippen LogP contribution in [0.25, 0.3) is 0 Å². The van der Waals surface area contributed by atoms with Crippen molar-refractivity contribution >= 4 is 29.0 Å². The number of carbonyl (C=O) groups excluding carboxylic acids is 3. The number of amides is 2. The molecule has 0 bridgehead atoms. The van der Waals surface area contributed by atoms with Crippen molar-refractivity contribution in [3.8, 4) is 0 Å². The van der Waals surface area contributed by atoms with Crippen molar-refractivity contribution in [2.45, 2.75) is 44.9 Å². The number of benzene rings is 2. The molecule has 1 atom stereocenters. The highest BCUT2D eigenvalue weighted by atomic mass is 19.2. The van der Waals surface area contributed by atoms with Gasteiger partial charge in [-0.2, -0.15) is 0 Å². The van der Waals surface area contributed by atoms with Crippen LogP contribution in [0.3, 0.4) is 0 Å². The molecular weight excluding hydrogens is 433 g/mol. The molecule has 0 spiro atoms. The topological polar surface area (TPSA) is 57.7 Å². The maximum absolute atomic E-state index is 15.0. The molecule has 2 aromatic carbocycles. The summed E-state index contributed by atoms with van der Waals surface area (Å²) in [5.74, 6) is -4.49. The van der Waals surface area contributed by atoms with Crippen LogP contribution in [-0.4, -0.2) is 30.7 Å². The van der Waals surface area contributed by atoms with E-state index in [1.165, 1.54) is 40.1 Å². The lowest BCUT2D eigenvalue weighted by Gasteiger charge is -2.33. The van der Waals surface area contributed by atoms with Crippen LogP contribution in [-0.2, 0) is 20.8 Å². The molecule has 33 heavy (non-hydrogen) atoms. The molecule has 0 unspecified atom stereocenters. The van der Waals surface area contributed by atoms with Crippen LogP contribution in [0.4, 0.5) is 24.5 Å². The fourth-order valence-corrected chi connectivity index (χ4v) is 4.59. The molecule has 2 fully saturated rings. The number of piperidine rings is 2. The Kier molecular flexibility index (Phi) is 6.81. The van der Waals surface area contributed by atoms with Gasteiger partial charge in [-0.05, 0) is 49.4 Å². The molecule has 5 nitrogen and oxygen atoms in total. The second-order valence-electron chi connectivity index (χ2n) is 8.57. The highest BCUT2D eigenvalue weighted by molar-refractivity contribution is 5.99. The third-order valence-corrected chi connectivity index (χ3v) is 6.32. The van der Waals surface area contributed by atoms with Crippen LogP contribution in [0.1, 0.15) is 44.1 Å². The molecule has 4 rings (SSSR count). The maximum atomic E-state index is 15.0. The van der Waals surface area contributed by atoms with Gasteiger partial charge in [-0.25, -0.2) is 13.2 Å². The van der Waals surface area contributed by atoms with Crippen molar-refractivity contribution in [3.05, 3.63) is 59.4 Å². The third kappa shape index (κ3) is 4.79. The van der Waals surface area contributed by atoms with Crippen molar-refractivity contribution in [3.63, 3.8) is 0 Å². The van der Waals surface area contributed by atoms with Crippen LogP contribution in [0, 0.1) is 23.4 Å². The Hall–Kier alpha value is -3.16. The van der Waals surface area contributed by atoms with Crippen molar-refractivity contribution in [1.82, 2.24) is 0 Å². The van der Waals surface area contributed by atoms with Gasteiger partial charge in [-0.3, -0.25) is 14.4 Å². The van der Waals surface area contributed by atoms with Gasteiger partial charge in [0.15, 0.2) is 11.6 Å². The number of nitrogens with zero attached hydrogens (tertiary/aromatic N) is 2. The molecule has 0 aliphatic carbocycles. The Labute approximate surface area is 190 Å². The highest BCUT2D eigenvalue weighted by Gasteiger charge is 2.34. The number of anilines is 2. The van der Waals surface area contributed by atoms with Gasteiger partial charge in [0.05, 0.1) is 11.4 Å². The predicted molar refractivity (Wildman–Crippen MR) is 117 cm³/mol. The van der Waals surface area contributed by atoms with Gasteiger partial charge in [0.1, 0.15) is 11.6 Å². The van der Waals surface area contributed by atoms with Crippen LogP contribution in [0.5, 0.6) is 0 Å². The lowest BCUT2D eigenvalue weighted by molar-refractivity contribution is -0.128. The zero-order chi connectivity index (χ0) is 23.5. The molecule has 0 N–H and O–H groups in total. The summed E-state index contributed by atoms with van der Waals surface area (Å²) >= 11 is 0. The summed E-state index contributed by atoms with van der Waals surface area (Å²) < 4.78 is 43.7. The summed E-state index contributed by atoms with van der Waals surface area (Å²) in [6.07, 6.45) is 2.47. The van der Waals surface area contributed by atoms with E-state index in [0.29, 0.717) is 25.8 Å². The minimum absolute atomic E-state index is 0.0892. The zero-order valence-corrected chi connectivity index (χ0v) is 18.2. The van der Waals surface area contributed by atoms with E-state index >= 15 is 4.39 Å². The largest absolute Gasteiger partial charge is 0.310 e. The fourth-order valence-electron chi connectivity index (χ4n) is 4.59. The quantitative estimate of drug-likeness (QED) is 0.638. The Bertz CT molecular complexity index is 1090. The number of ketones is 1. The smallest absolute Gasteiger partial charge is 0.230 e. The second kappa shape index (κ2) is 9.77. The fraction of sp³-hybridized carbons (Fsp3) is 0.400. The number of halogens is 3. The van der Waals surface area contributed by atoms with E-state index in [1.807, 2.05) is 0 Å². The molecule has 2 amide bonds. The molecule has 0 saturated carbocycles. The van der Waals surface area contributed by atoms with E-state index in [9.17, 15) is 23.2 Å². The van der Waals surface area contributed by atoms with Gasteiger partial charge in [-0.1, -0.05) is 18.2 Å². The van der Waals surface area contributed by atoms with Crippen molar-refractivity contribution < 1.29 is 27.6 Å². The average molecular weight is 458 g/mol. The lowest BCUT2D eigenvalue weighted by Crippen LogP contribution is -2.43. The molecule has 2 heterocycles. The molecule has 174 valence electrons. The standard InChI is InChI=1S/C25H25F3N2O3/c26-19-8-2-1-6-16(19)14-18(31)15-17-7-5-13-30(25(17)33)21-11-10-20(23(27)24(21)28)29-12-4-3-9-22(29)32/h1-2,6,8,10-11,17H,3-5,7,9,12-15H2/t17-/m0/s1. The monoisotopic (exact) mass is 458 g/mol. The Morgan fingerprint density at radius 1 is 0.879 bits per heavy atom. The van der Waals surface area contributed by atoms with Gasteiger partial charge in [0.2, 0.25) is 11.8 Å². The summed E-state index contributed by atoms with van der Waals surface area (Å²) in [7, 11) is 0. The van der Waals surface area contributed by atoms with E-state index in [0.717, 1.165) is 6.42 Å². The highest BCUT2D eigenvalue weighted by Crippen LogP contribution is 2.34. The summed E-state index contributed by atoms with van der Waals surface area (Å²) in [6.45, 7) is 0.526. The lowest BCUT2D eigenvalue weighted by atomic mass is 9.90. The molecule has 2 aromatic rings. The van der Waals surface area contributed by atoms with Crippen LogP contribution in [0.15, 0.2) is 36.4 Å². The third-order valence-electron chi connectivity index (χ3n) is 6.32. The van der Waals surface area contributed by atoms with Crippen molar-refractivity contribution in [1.29, 1.82) is 0 Å². The Morgan fingerprint density at radius 3 is 2.24 bits per heavy atom. The predicted octanol–water partition coefficient (Wildman–Crippen LogP) is 4.57. The first-order valence-corrected chi connectivity index (χ1v) is 11.2. The average Bonchev–Trinajstić information content (AvgIpc) is 2.80. The van der Waals surface area contributed by atoms with E-state index in [4.69, 9.17) is 0 Å². The SMILES string of the molecule is O=C(Cc1ccccc1F)C[C@@H]1CCCN(c2ccc(N3CCCCC3=O)c(F)c2F)C1=O. The van der Waals surface area contributed by atoms with E-state index < -0.39 is 29.3 Å². The van der Waals surface area contributed by atoms with Crippen molar-refractivity contribution in [2.75, 3.05) is 22.9 Å². The molecule has 0 aromatic heterocycles. The van der Waals surface area contributed by atoms with Gasteiger partial charge in [0, 0.05) is 38.3 Å². The molecule has 8 heteroatoms. The maximum Gasteiger partial charge on any atom is 0.230 e. The van der Waals surface area contributed by atoms with E-state index in [-0.39, 0.29) is 54.4 Å². The van der Waals surface area contributed by atoms with Gasteiger partial charge >= 0.3 is 0 Å². The summed E-state index contributed by atoms with van der Waals surface area (Å²) in [5.41, 5.74) is -0.0578. The Balaban J connectivity index is 1.49. The summed E-state index contributed by atoms with van der Waals surface area (Å²) in [5, 5.41) is 0. The minimum atomic E-state index is -1.18. The first-order valence-electron chi connectivity index (χ1n) is 11.2.